The molecule has 1 aromatic heterocycles. The predicted molar refractivity (Wildman–Crippen MR) is 112 cm³/mol. The van der Waals surface area contributed by atoms with Crippen molar-refractivity contribution >= 4 is 29.1 Å². The molecule has 3 aromatic rings. The van der Waals surface area contributed by atoms with Gasteiger partial charge in [-0.2, -0.15) is 0 Å². The van der Waals surface area contributed by atoms with Crippen molar-refractivity contribution in [2.75, 3.05) is 17.3 Å². The van der Waals surface area contributed by atoms with E-state index in [1.807, 2.05) is 18.2 Å². The normalized spacial score (nSPS) is 15.0. The van der Waals surface area contributed by atoms with Crippen LogP contribution in [0.15, 0.2) is 66.9 Å². The van der Waals surface area contributed by atoms with E-state index < -0.39 is 5.97 Å². The number of rotatable bonds is 4. The Kier molecular flexibility index (Phi) is 4.99. The first-order valence-corrected chi connectivity index (χ1v) is 9.40. The van der Waals surface area contributed by atoms with E-state index in [0.29, 0.717) is 22.9 Å². The number of anilines is 3. The number of carbonyl (C=O) groups excluding carboxylic acids is 2. The summed E-state index contributed by atoms with van der Waals surface area (Å²) in [7, 11) is 1.32. The summed E-state index contributed by atoms with van der Waals surface area (Å²) in [5, 5.41) is 2.79. The van der Waals surface area contributed by atoms with Gasteiger partial charge < -0.3 is 15.0 Å². The highest BCUT2D eigenvalue weighted by atomic mass is 16.5. The van der Waals surface area contributed by atoms with Gasteiger partial charge in [-0.05, 0) is 55.3 Å². The summed E-state index contributed by atoms with van der Waals surface area (Å²) in [5.74, 6) is 0.0692. The van der Waals surface area contributed by atoms with Crippen LogP contribution in [-0.2, 0) is 11.2 Å². The summed E-state index contributed by atoms with van der Waals surface area (Å²) >= 11 is 0. The first-order valence-electron chi connectivity index (χ1n) is 9.40. The van der Waals surface area contributed by atoms with E-state index in [-0.39, 0.29) is 5.91 Å². The van der Waals surface area contributed by atoms with Crippen LogP contribution in [0.2, 0.25) is 0 Å². The first kappa shape index (κ1) is 18.7. The number of nitrogens with zero attached hydrogens (tertiary/aromatic N) is 2. The van der Waals surface area contributed by atoms with Crippen molar-refractivity contribution in [1.82, 2.24) is 4.98 Å². The first-order chi connectivity index (χ1) is 14.1. The molecule has 0 radical (unpaired) electrons. The molecule has 1 aliphatic rings. The third kappa shape index (κ3) is 3.69. The molecular weight excluding hydrogens is 366 g/mol. The minimum Gasteiger partial charge on any atom is -0.465 e. The number of carbonyl (C=O) groups is 2. The summed E-state index contributed by atoms with van der Waals surface area (Å²) in [4.78, 5) is 30.9. The highest BCUT2D eigenvalue weighted by molar-refractivity contribution is 6.04. The fourth-order valence-corrected chi connectivity index (χ4v) is 3.62. The zero-order valence-electron chi connectivity index (χ0n) is 16.3. The smallest absolute Gasteiger partial charge is 0.337 e. The molecule has 6 nitrogen and oxygen atoms in total. The van der Waals surface area contributed by atoms with E-state index in [9.17, 15) is 9.59 Å². The number of nitrogens with one attached hydrogen (secondary N) is 1. The van der Waals surface area contributed by atoms with E-state index in [0.717, 1.165) is 17.9 Å². The number of hydrogen-bond donors (Lipinski definition) is 1. The van der Waals surface area contributed by atoms with Crippen molar-refractivity contribution in [3.05, 3.63) is 83.6 Å². The Morgan fingerprint density at radius 1 is 1.07 bits per heavy atom. The predicted octanol–water partition coefficient (Wildman–Crippen LogP) is 4.20. The van der Waals surface area contributed by atoms with Crippen molar-refractivity contribution in [3.63, 3.8) is 0 Å². The van der Waals surface area contributed by atoms with Gasteiger partial charge in [0.1, 0.15) is 5.82 Å². The average Bonchev–Trinajstić information content (AvgIpc) is 3.09. The molecule has 146 valence electrons. The Balaban J connectivity index is 1.51. The van der Waals surface area contributed by atoms with Crippen LogP contribution in [0.5, 0.6) is 0 Å². The van der Waals surface area contributed by atoms with Crippen molar-refractivity contribution < 1.29 is 14.3 Å². The molecule has 0 spiro atoms. The zero-order chi connectivity index (χ0) is 20.4. The summed E-state index contributed by atoms with van der Waals surface area (Å²) in [6.07, 6.45) is 2.54. The van der Waals surface area contributed by atoms with Crippen LogP contribution in [0.25, 0.3) is 0 Å². The number of ether oxygens (including phenoxy) is 1. The highest BCUT2D eigenvalue weighted by Crippen LogP contribution is 2.36. The van der Waals surface area contributed by atoms with Crippen LogP contribution in [0, 0.1) is 0 Å². The van der Waals surface area contributed by atoms with Gasteiger partial charge in [0.2, 0.25) is 0 Å². The summed E-state index contributed by atoms with van der Waals surface area (Å²) < 4.78 is 4.71. The van der Waals surface area contributed by atoms with Crippen molar-refractivity contribution in [3.8, 4) is 0 Å². The Morgan fingerprint density at radius 3 is 2.66 bits per heavy atom. The van der Waals surface area contributed by atoms with Crippen LogP contribution < -0.4 is 10.2 Å². The van der Waals surface area contributed by atoms with Crippen LogP contribution in [0.3, 0.4) is 0 Å². The van der Waals surface area contributed by atoms with Gasteiger partial charge in [0, 0.05) is 23.6 Å². The minimum absolute atomic E-state index is 0.291. The largest absolute Gasteiger partial charge is 0.465 e. The number of pyridine rings is 1. The Hall–Kier alpha value is -3.67. The molecule has 29 heavy (non-hydrogen) atoms. The van der Waals surface area contributed by atoms with Crippen LogP contribution in [0.4, 0.5) is 17.2 Å². The zero-order valence-corrected chi connectivity index (χ0v) is 16.3. The Morgan fingerprint density at radius 2 is 1.90 bits per heavy atom. The second-order valence-electron chi connectivity index (χ2n) is 6.98. The molecule has 0 bridgehead atoms. The van der Waals surface area contributed by atoms with Gasteiger partial charge in [-0.15, -0.1) is 0 Å². The summed E-state index contributed by atoms with van der Waals surface area (Å²) in [6, 6.07) is 18.8. The number of aromatic nitrogens is 1. The van der Waals surface area contributed by atoms with E-state index in [1.165, 1.54) is 12.7 Å². The fraction of sp³-hybridized carbons (Fsp3) is 0.174. The Bertz CT molecular complexity index is 1060. The maximum atomic E-state index is 12.6. The second kappa shape index (κ2) is 7.75. The lowest BCUT2D eigenvalue weighted by atomic mass is 10.1. The minimum atomic E-state index is -0.452. The van der Waals surface area contributed by atoms with Crippen molar-refractivity contribution in [2.24, 2.45) is 0 Å². The molecule has 6 heteroatoms. The molecule has 1 aliphatic heterocycles. The topological polar surface area (TPSA) is 71.5 Å². The van der Waals surface area contributed by atoms with Gasteiger partial charge in [-0.25, -0.2) is 9.78 Å². The number of amides is 1. The van der Waals surface area contributed by atoms with Crippen LogP contribution >= 0.6 is 0 Å². The summed E-state index contributed by atoms with van der Waals surface area (Å²) in [5.41, 5.74) is 3.79. The molecule has 0 saturated heterocycles. The molecule has 4 rings (SSSR count). The number of fused-ring (bicyclic) bond motifs is 1. The number of benzene rings is 2. The summed E-state index contributed by atoms with van der Waals surface area (Å²) in [6.45, 7) is 2.16. The Labute approximate surface area is 169 Å². The molecule has 2 aromatic carbocycles. The molecule has 0 fully saturated rings. The standard InChI is InChI=1S/C23H21N3O3/c1-15-12-16-6-3-4-9-20(16)26(15)21-11-10-18(14-24-21)22(27)25-19-8-5-7-17(13-19)23(28)29-2/h3-11,13-15H,12H2,1-2H3,(H,25,27). The fourth-order valence-electron chi connectivity index (χ4n) is 3.62. The van der Waals surface area contributed by atoms with E-state index in [2.05, 4.69) is 34.3 Å². The lowest BCUT2D eigenvalue weighted by molar-refractivity contribution is 0.0600. The quantitative estimate of drug-likeness (QED) is 0.679. The van der Waals surface area contributed by atoms with Gasteiger partial charge in [0.05, 0.1) is 18.2 Å². The van der Waals surface area contributed by atoms with Crippen molar-refractivity contribution in [1.29, 1.82) is 0 Å². The number of methoxy groups -OCH3 is 1. The molecule has 1 amide bonds. The van der Waals surface area contributed by atoms with Gasteiger partial charge in [-0.1, -0.05) is 24.3 Å². The van der Waals surface area contributed by atoms with Crippen LogP contribution in [-0.4, -0.2) is 30.0 Å². The average molecular weight is 387 g/mol. The van der Waals surface area contributed by atoms with Gasteiger partial charge in [0.15, 0.2) is 0 Å². The van der Waals surface area contributed by atoms with Gasteiger partial charge >= 0.3 is 5.97 Å². The molecule has 2 heterocycles. The third-order valence-corrected chi connectivity index (χ3v) is 5.01. The lowest BCUT2D eigenvalue weighted by Gasteiger charge is -2.23. The van der Waals surface area contributed by atoms with E-state index >= 15 is 0 Å². The third-order valence-electron chi connectivity index (χ3n) is 5.01. The maximum absolute atomic E-state index is 12.6. The number of hydrogen-bond acceptors (Lipinski definition) is 5. The highest BCUT2D eigenvalue weighted by Gasteiger charge is 2.27. The maximum Gasteiger partial charge on any atom is 0.337 e. The number of para-hydroxylation sites is 1. The van der Waals surface area contributed by atoms with Crippen molar-refractivity contribution in [2.45, 2.75) is 19.4 Å². The SMILES string of the molecule is COC(=O)c1cccc(NC(=O)c2ccc(N3c4ccccc4CC3C)nc2)c1. The van der Waals surface area contributed by atoms with E-state index in [4.69, 9.17) is 4.74 Å². The molecule has 0 saturated carbocycles. The van der Waals surface area contributed by atoms with Gasteiger partial charge in [0.25, 0.3) is 5.91 Å². The molecule has 1 N–H and O–H groups in total. The lowest BCUT2D eigenvalue weighted by Crippen LogP contribution is -2.25. The van der Waals surface area contributed by atoms with Gasteiger partial charge in [-0.3, -0.25) is 4.79 Å². The molecule has 0 aliphatic carbocycles. The van der Waals surface area contributed by atoms with Crippen LogP contribution in [0.1, 0.15) is 33.2 Å². The molecule has 1 unspecified atom stereocenters. The monoisotopic (exact) mass is 387 g/mol. The number of esters is 1. The van der Waals surface area contributed by atoms with E-state index in [1.54, 1.807) is 36.5 Å². The second-order valence-corrected chi connectivity index (χ2v) is 6.98. The molecule has 1 atom stereocenters. The molecular formula is C23H21N3O3.